The highest BCUT2D eigenvalue weighted by Crippen LogP contribution is 2.19. The largest absolute Gasteiger partial charge is 0.341 e. The molecule has 0 unspecified atom stereocenters. The average molecular weight is 334 g/mol. The number of nitrogens with zero attached hydrogens (tertiary/aromatic N) is 2. The van der Waals surface area contributed by atoms with Crippen LogP contribution in [0.5, 0.6) is 0 Å². The van der Waals surface area contributed by atoms with E-state index < -0.39 is 0 Å². The molecule has 1 aromatic rings. The number of hydrogen-bond donors (Lipinski definition) is 4. The van der Waals surface area contributed by atoms with E-state index in [4.69, 9.17) is 5.73 Å². The summed E-state index contributed by atoms with van der Waals surface area (Å²) in [6.45, 7) is 6.30. The van der Waals surface area contributed by atoms with Crippen molar-refractivity contribution in [1.82, 2.24) is 25.8 Å². The third kappa shape index (κ3) is 5.74. The number of nitrogens with two attached hydrogens (primary N) is 1. The Hall–Kier alpha value is -1.70. The molecule has 1 fully saturated rings. The number of carbonyl (C=O) groups excluding carboxylic acids is 1. The van der Waals surface area contributed by atoms with Crippen molar-refractivity contribution in [3.63, 3.8) is 0 Å². The summed E-state index contributed by atoms with van der Waals surface area (Å²) in [4.78, 5) is 18.3. The van der Waals surface area contributed by atoms with Gasteiger partial charge in [-0.15, -0.1) is 0 Å². The molecule has 0 aromatic carbocycles. The van der Waals surface area contributed by atoms with Crippen LogP contribution in [0.25, 0.3) is 0 Å². The molecule has 1 aliphatic rings. The van der Waals surface area contributed by atoms with Gasteiger partial charge in [-0.25, -0.2) is 4.79 Å². The maximum Gasteiger partial charge on any atom is 0.314 e. The number of urea groups is 1. The molecule has 24 heavy (non-hydrogen) atoms. The van der Waals surface area contributed by atoms with Crippen LogP contribution in [0, 0.1) is 5.92 Å². The van der Waals surface area contributed by atoms with Crippen molar-refractivity contribution >= 4 is 6.03 Å². The van der Waals surface area contributed by atoms with Crippen molar-refractivity contribution in [2.75, 3.05) is 33.2 Å². The summed E-state index contributed by atoms with van der Waals surface area (Å²) in [6.07, 6.45) is 2.76. The Morgan fingerprint density at radius 1 is 1.50 bits per heavy atom. The summed E-state index contributed by atoms with van der Waals surface area (Å²) in [5.41, 5.74) is 6.82. The van der Waals surface area contributed by atoms with E-state index in [0.29, 0.717) is 18.5 Å². The topological polar surface area (TPSA) is 95.3 Å². The number of pyridine rings is 1. The third-order valence-electron chi connectivity index (χ3n) is 4.45. The van der Waals surface area contributed by atoms with Crippen LogP contribution in [0.1, 0.15) is 19.0 Å². The van der Waals surface area contributed by atoms with Gasteiger partial charge < -0.3 is 21.7 Å². The molecule has 1 saturated heterocycles. The van der Waals surface area contributed by atoms with E-state index in [1.165, 1.54) is 0 Å². The quantitative estimate of drug-likeness (QED) is 0.542. The number of nitrogens with one attached hydrogen (secondary N) is 3. The fourth-order valence-corrected chi connectivity index (χ4v) is 3.13. The van der Waals surface area contributed by atoms with Gasteiger partial charge >= 0.3 is 6.03 Å². The molecule has 0 bridgehead atoms. The van der Waals surface area contributed by atoms with Crippen molar-refractivity contribution in [2.24, 2.45) is 11.7 Å². The van der Waals surface area contributed by atoms with Crippen LogP contribution < -0.4 is 21.7 Å². The lowest BCUT2D eigenvalue weighted by molar-refractivity contribution is 0.214. The molecule has 0 radical (unpaired) electrons. The van der Waals surface area contributed by atoms with Crippen molar-refractivity contribution in [2.45, 2.75) is 32.0 Å². The van der Waals surface area contributed by atoms with E-state index in [-0.39, 0.29) is 12.1 Å². The van der Waals surface area contributed by atoms with Crippen LogP contribution >= 0.6 is 0 Å². The third-order valence-corrected chi connectivity index (χ3v) is 4.45. The molecule has 2 amide bonds. The fourth-order valence-electron chi connectivity index (χ4n) is 3.13. The van der Waals surface area contributed by atoms with Gasteiger partial charge in [0.2, 0.25) is 0 Å². The Bertz CT molecular complexity index is 497. The standard InChI is InChI=1S/C17H30N6O/c1-13(8-18)11-23-12-15(22-17(24)19-2)7-16(23)10-20-9-14-5-3-4-6-21-14/h3-6,13,15-16,20H,7-12,18H2,1-2H3,(H2,19,22,24)/t13-,15+,16-/m0/s1. The summed E-state index contributed by atoms with van der Waals surface area (Å²) in [7, 11) is 1.64. The summed E-state index contributed by atoms with van der Waals surface area (Å²) in [6, 6.07) is 6.39. The summed E-state index contributed by atoms with van der Waals surface area (Å²) in [5.74, 6) is 0.446. The Morgan fingerprint density at radius 3 is 3.00 bits per heavy atom. The summed E-state index contributed by atoms with van der Waals surface area (Å²) < 4.78 is 0. The van der Waals surface area contributed by atoms with Gasteiger partial charge in [-0.1, -0.05) is 13.0 Å². The summed E-state index contributed by atoms with van der Waals surface area (Å²) >= 11 is 0. The number of hydrogen-bond acceptors (Lipinski definition) is 5. The monoisotopic (exact) mass is 334 g/mol. The first kappa shape index (κ1) is 18.6. The van der Waals surface area contributed by atoms with Crippen LogP contribution in [-0.2, 0) is 6.54 Å². The van der Waals surface area contributed by atoms with Crippen LogP contribution in [0.4, 0.5) is 4.79 Å². The second kappa shape index (κ2) is 9.56. The Labute approximate surface area is 144 Å². The molecular weight excluding hydrogens is 304 g/mol. The first-order valence-electron chi connectivity index (χ1n) is 8.65. The molecule has 0 aliphatic carbocycles. The van der Waals surface area contributed by atoms with Crippen LogP contribution in [-0.4, -0.2) is 61.2 Å². The molecule has 1 aromatic heterocycles. The maximum atomic E-state index is 11.6. The second-order valence-electron chi connectivity index (χ2n) is 6.56. The molecular formula is C17H30N6O. The predicted molar refractivity (Wildman–Crippen MR) is 95.5 cm³/mol. The van der Waals surface area contributed by atoms with Crippen molar-refractivity contribution < 1.29 is 4.79 Å². The van der Waals surface area contributed by atoms with Gasteiger partial charge in [-0.05, 0) is 31.0 Å². The zero-order chi connectivity index (χ0) is 17.4. The van der Waals surface area contributed by atoms with Gasteiger partial charge in [0.25, 0.3) is 0 Å². The Balaban J connectivity index is 1.86. The van der Waals surface area contributed by atoms with Gasteiger partial charge in [0.15, 0.2) is 0 Å². The van der Waals surface area contributed by atoms with Crippen molar-refractivity contribution in [3.8, 4) is 0 Å². The minimum Gasteiger partial charge on any atom is -0.341 e. The van der Waals surface area contributed by atoms with Crippen LogP contribution in [0.3, 0.4) is 0 Å². The zero-order valence-electron chi connectivity index (χ0n) is 14.7. The molecule has 134 valence electrons. The van der Waals surface area contributed by atoms with Crippen molar-refractivity contribution in [1.29, 1.82) is 0 Å². The molecule has 1 aliphatic heterocycles. The first-order chi connectivity index (χ1) is 11.6. The number of rotatable bonds is 8. The average Bonchev–Trinajstić information content (AvgIpc) is 2.96. The van der Waals surface area contributed by atoms with E-state index in [0.717, 1.165) is 38.3 Å². The van der Waals surface area contributed by atoms with E-state index in [1.807, 2.05) is 24.4 Å². The maximum absolute atomic E-state index is 11.6. The summed E-state index contributed by atoms with van der Waals surface area (Å²) in [5, 5.41) is 9.14. The normalized spacial score (nSPS) is 22.3. The first-order valence-corrected chi connectivity index (χ1v) is 8.65. The minimum absolute atomic E-state index is 0.117. The Kier molecular flexibility index (Phi) is 7.42. The lowest BCUT2D eigenvalue weighted by atomic mass is 10.1. The molecule has 0 spiro atoms. The lowest BCUT2D eigenvalue weighted by Crippen LogP contribution is -2.43. The highest BCUT2D eigenvalue weighted by Gasteiger charge is 2.32. The molecule has 5 N–H and O–H groups in total. The Morgan fingerprint density at radius 2 is 2.33 bits per heavy atom. The van der Waals surface area contributed by atoms with Gasteiger partial charge in [0.1, 0.15) is 0 Å². The number of aromatic nitrogens is 1. The molecule has 3 atom stereocenters. The fraction of sp³-hybridized carbons (Fsp3) is 0.647. The lowest BCUT2D eigenvalue weighted by Gasteiger charge is -2.27. The van der Waals surface area contributed by atoms with Gasteiger partial charge in [-0.2, -0.15) is 0 Å². The molecule has 7 heteroatoms. The second-order valence-corrected chi connectivity index (χ2v) is 6.56. The smallest absolute Gasteiger partial charge is 0.314 e. The molecule has 0 saturated carbocycles. The molecule has 7 nitrogen and oxygen atoms in total. The SMILES string of the molecule is CNC(=O)N[C@@H]1C[C@@H](CNCc2ccccn2)N(C[C@@H](C)CN)C1. The van der Waals surface area contributed by atoms with Gasteiger partial charge in [0.05, 0.1) is 5.69 Å². The molecule has 2 heterocycles. The van der Waals surface area contributed by atoms with Gasteiger partial charge in [0, 0.05) is 51.5 Å². The predicted octanol–water partition coefficient (Wildman–Crippen LogP) is 0.138. The van der Waals surface area contributed by atoms with Crippen LogP contribution in [0.15, 0.2) is 24.4 Å². The minimum atomic E-state index is -0.117. The molecule has 2 rings (SSSR count). The van der Waals surface area contributed by atoms with Crippen molar-refractivity contribution in [3.05, 3.63) is 30.1 Å². The van der Waals surface area contributed by atoms with Crippen LogP contribution in [0.2, 0.25) is 0 Å². The van der Waals surface area contributed by atoms with E-state index >= 15 is 0 Å². The van der Waals surface area contributed by atoms with Gasteiger partial charge in [-0.3, -0.25) is 9.88 Å². The highest BCUT2D eigenvalue weighted by atomic mass is 16.2. The number of carbonyl (C=O) groups is 1. The van der Waals surface area contributed by atoms with E-state index in [2.05, 4.69) is 32.8 Å². The number of likely N-dealkylation sites (tertiary alicyclic amines) is 1. The number of amides is 2. The zero-order valence-corrected chi connectivity index (χ0v) is 14.7. The highest BCUT2D eigenvalue weighted by molar-refractivity contribution is 5.73. The van der Waals surface area contributed by atoms with E-state index in [1.54, 1.807) is 7.05 Å². The van der Waals surface area contributed by atoms with E-state index in [9.17, 15) is 4.79 Å².